The fourth-order valence-corrected chi connectivity index (χ4v) is 3.25. The molecule has 0 aliphatic rings. The Bertz CT molecular complexity index is 906. The van der Waals surface area contributed by atoms with Gasteiger partial charge >= 0.3 is 0 Å². The predicted molar refractivity (Wildman–Crippen MR) is 121 cm³/mol. The van der Waals surface area contributed by atoms with Crippen LogP contribution in [0.15, 0.2) is 42.5 Å². The van der Waals surface area contributed by atoms with Crippen LogP contribution in [0.2, 0.25) is 5.02 Å². The molecule has 0 saturated heterocycles. The molecule has 0 aliphatic carbocycles. The molecule has 0 aliphatic heterocycles. The fourth-order valence-electron chi connectivity index (χ4n) is 3.05. The summed E-state index contributed by atoms with van der Waals surface area (Å²) in [6.45, 7) is 11.4. The lowest BCUT2D eigenvalue weighted by Crippen LogP contribution is -2.53. The van der Waals surface area contributed by atoms with Gasteiger partial charge in [0.05, 0.1) is 0 Å². The summed E-state index contributed by atoms with van der Waals surface area (Å²) < 4.78 is 5.78. The van der Waals surface area contributed by atoms with E-state index in [1.165, 1.54) is 4.90 Å². The Morgan fingerprint density at radius 2 is 1.80 bits per heavy atom. The monoisotopic (exact) mass is 430 g/mol. The topological polar surface area (TPSA) is 58.6 Å². The van der Waals surface area contributed by atoms with Crippen molar-refractivity contribution < 1.29 is 14.3 Å². The van der Waals surface area contributed by atoms with Crippen LogP contribution in [0.3, 0.4) is 0 Å². The lowest BCUT2D eigenvalue weighted by Gasteiger charge is -2.31. The van der Waals surface area contributed by atoms with Gasteiger partial charge in [0.25, 0.3) is 5.91 Å². The van der Waals surface area contributed by atoms with Gasteiger partial charge in [-0.15, -0.1) is 0 Å². The summed E-state index contributed by atoms with van der Waals surface area (Å²) in [6.07, 6.45) is 0. The van der Waals surface area contributed by atoms with E-state index in [9.17, 15) is 9.59 Å². The van der Waals surface area contributed by atoms with Gasteiger partial charge < -0.3 is 15.0 Å². The molecule has 1 unspecified atom stereocenters. The van der Waals surface area contributed by atoms with Crippen molar-refractivity contribution in [1.82, 2.24) is 10.2 Å². The van der Waals surface area contributed by atoms with Crippen LogP contribution in [-0.4, -0.2) is 34.9 Å². The van der Waals surface area contributed by atoms with E-state index in [4.69, 9.17) is 16.3 Å². The molecule has 0 heterocycles. The first-order valence-corrected chi connectivity index (χ1v) is 10.4. The third-order valence-corrected chi connectivity index (χ3v) is 5.01. The quantitative estimate of drug-likeness (QED) is 0.694. The zero-order chi connectivity index (χ0) is 22.5. The fraction of sp³-hybridized carbons (Fsp3) is 0.417. The molecule has 2 aromatic rings. The van der Waals surface area contributed by atoms with E-state index < -0.39 is 11.6 Å². The molecule has 0 bridgehead atoms. The van der Waals surface area contributed by atoms with Crippen molar-refractivity contribution in [2.24, 2.45) is 0 Å². The average Bonchev–Trinajstić information content (AvgIpc) is 2.64. The number of rotatable bonds is 7. The average molecular weight is 431 g/mol. The Kier molecular flexibility index (Phi) is 7.90. The first-order chi connectivity index (χ1) is 14.0. The summed E-state index contributed by atoms with van der Waals surface area (Å²) in [5.74, 6) is 0.138. The first-order valence-electron chi connectivity index (χ1n) is 10.0. The van der Waals surface area contributed by atoms with Crippen LogP contribution in [0.25, 0.3) is 0 Å². The Labute approximate surface area is 184 Å². The third-order valence-electron chi connectivity index (χ3n) is 4.65. The first kappa shape index (κ1) is 23.7. The van der Waals surface area contributed by atoms with E-state index in [0.29, 0.717) is 10.8 Å². The van der Waals surface area contributed by atoms with Crippen molar-refractivity contribution in [2.45, 2.75) is 59.7 Å². The van der Waals surface area contributed by atoms with E-state index in [0.717, 1.165) is 16.7 Å². The zero-order valence-electron chi connectivity index (χ0n) is 18.6. The highest BCUT2D eigenvalue weighted by atomic mass is 35.5. The SMILES string of the molecule is Cc1ccc(OCC(=O)N(Cc2ccccc2Cl)C(C)C(=O)NC(C)(C)C)c(C)c1. The second-order valence-corrected chi connectivity index (χ2v) is 8.99. The van der Waals surface area contributed by atoms with Gasteiger partial charge in [0.2, 0.25) is 5.91 Å². The molecule has 0 fully saturated rings. The molecule has 1 N–H and O–H groups in total. The smallest absolute Gasteiger partial charge is 0.261 e. The maximum atomic E-state index is 13.1. The molecule has 6 heteroatoms. The normalized spacial score (nSPS) is 12.2. The molecule has 2 amide bonds. The number of nitrogens with zero attached hydrogens (tertiary/aromatic N) is 1. The van der Waals surface area contributed by atoms with Crippen LogP contribution in [0.5, 0.6) is 5.75 Å². The highest BCUT2D eigenvalue weighted by molar-refractivity contribution is 6.31. The molecule has 1 atom stereocenters. The van der Waals surface area contributed by atoms with Crippen LogP contribution < -0.4 is 10.1 Å². The number of amides is 2. The highest BCUT2D eigenvalue weighted by Gasteiger charge is 2.29. The highest BCUT2D eigenvalue weighted by Crippen LogP contribution is 2.21. The molecule has 30 heavy (non-hydrogen) atoms. The number of hydrogen-bond acceptors (Lipinski definition) is 3. The number of aryl methyl sites for hydroxylation is 2. The number of hydrogen-bond donors (Lipinski definition) is 1. The number of ether oxygens (including phenoxy) is 1. The summed E-state index contributed by atoms with van der Waals surface area (Å²) in [7, 11) is 0. The van der Waals surface area contributed by atoms with Gasteiger partial charge in [-0.1, -0.05) is 47.5 Å². The van der Waals surface area contributed by atoms with Crippen LogP contribution >= 0.6 is 11.6 Å². The largest absolute Gasteiger partial charge is 0.483 e. The standard InChI is InChI=1S/C24H31ClN2O3/c1-16-11-12-21(17(2)13-16)30-15-22(28)27(14-19-9-7-8-10-20(19)25)18(3)23(29)26-24(4,5)6/h7-13,18H,14-15H2,1-6H3,(H,26,29). The molecular formula is C24H31ClN2O3. The summed E-state index contributed by atoms with van der Waals surface area (Å²) in [4.78, 5) is 27.4. The maximum absolute atomic E-state index is 13.1. The van der Waals surface area contributed by atoms with Gasteiger partial charge in [0.15, 0.2) is 6.61 Å². The lowest BCUT2D eigenvalue weighted by molar-refractivity contribution is -0.142. The predicted octanol–water partition coefficient (Wildman–Crippen LogP) is 4.67. The second kappa shape index (κ2) is 9.98. The summed E-state index contributed by atoms with van der Waals surface area (Å²) >= 11 is 6.30. The number of carbonyl (C=O) groups excluding carboxylic acids is 2. The Morgan fingerprint density at radius 1 is 1.13 bits per heavy atom. The van der Waals surface area contributed by atoms with Crippen LogP contribution in [0.1, 0.15) is 44.4 Å². The van der Waals surface area contributed by atoms with Crippen molar-refractivity contribution in [3.8, 4) is 5.75 Å². The number of halogens is 1. The van der Waals surface area contributed by atoms with Gasteiger partial charge in [-0.2, -0.15) is 0 Å². The summed E-state index contributed by atoms with van der Waals surface area (Å²) in [5.41, 5.74) is 2.45. The molecule has 5 nitrogen and oxygen atoms in total. The molecule has 162 valence electrons. The van der Waals surface area contributed by atoms with Gasteiger partial charge in [-0.05, 0) is 64.8 Å². The van der Waals surface area contributed by atoms with Gasteiger partial charge in [-0.3, -0.25) is 9.59 Å². The van der Waals surface area contributed by atoms with E-state index in [2.05, 4.69) is 5.32 Å². The molecular weight excluding hydrogens is 400 g/mol. The second-order valence-electron chi connectivity index (χ2n) is 8.59. The third kappa shape index (κ3) is 6.77. The molecule has 0 spiro atoms. The van der Waals surface area contributed by atoms with Crippen molar-refractivity contribution in [3.05, 3.63) is 64.2 Å². The minimum atomic E-state index is -0.685. The minimum absolute atomic E-state index is 0.165. The van der Waals surface area contributed by atoms with E-state index in [-0.39, 0.29) is 25.0 Å². The number of nitrogens with one attached hydrogen (secondary N) is 1. The van der Waals surface area contributed by atoms with Gasteiger partial charge in [0, 0.05) is 17.1 Å². The number of carbonyl (C=O) groups is 2. The minimum Gasteiger partial charge on any atom is -0.483 e. The zero-order valence-corrected chi connectivity index (χ0v) is 19.3. The maximum Gasteiger partial charge on any atom is 0.261 e. The molecule has 2 aromatic carbocycles. The molecule has 2 rings (SSSR count). The molecule has 0 radical (unpaired) electrons. The van der Waals surface area contributed by atoms with E-state index >= 15 is 0 Å². The summed E-state index contributed by atoms with van der Waals surface area (Å²) in [5, 5.41) is 3.49. The van der Waals surface area contributed by atoms with Crippen LogP contribution in [0.4, 0.5) is 0 Å². The van der Waals surface area contributed by atoms with Crippen LogP contribution in [-0.2, 0) is 16.1 Å². The van der Waals surface area contributed by atoms with Crippen LogP contribution in [0, 0.1) is 13.8 Å². The summed E-state index contributed by atoms with van der Waals surface area (Å²) in [6, 6.07) is 12.4. The molecule has 0 aromatic heterocycles. The van der Waals surface area contributed by atoms with Crippen molar-refractivity contribution in [3.63, 3.8) is 0 Å². The Balaban J connectivity index is 2.21. The van der Waals surface area contributed by atoms with Crippen molar-refractivity contribution >= 4 is 23.4 Å². The Hall–Kier alpha value is -2.53. The van der Waals surface area contributed by atoms with Crippen molar-refractivity contribution in [2.75, 3.05) is 6.61 Å². The van der Waals surface area contributed by atoms with E-state index in [1.807, 2.05) is 71.0 Å². The lowest BCUT2D eigenvalue weighted by atomic mass is 10.1. The molecule has 0 saturated carbocycles. The van der Waals surface area contributed by atoms with E-state index in [1.54, 1.807) is 13.0 Å². The van der Waals surface area contributed by atoms with Gasteiger partial charge in [0.1, 0.15) is 11.8 Å². The van der Waals surface area contributed by atoms with Gasteiger partial charge in [-0.25, -0.2) is 0 Å². The van der Waals surface area contributed by atoms with Crippen molar-refractivity contribution in [1.29, 1.82) is 0 Å². The number of benzene rings is 2. The Morgan fingerprint density at radius 3 is 2.40 bits per heavy atom.